The molecule has 3 rings (SSSR count). The summed E-state index contributed by atoms with van der Waals surface area (Å²) in [6, 6.07) is 1.74. The average Bonchev–Trinajstić information content (AvgIpc) is 3.09. The van der Waals surface area contributed by atoms with Crippen LogP contribution in [0.15, 0.2) is 35.5 Å². The molecule has 4 N–H and O–H groups in total. The third-order valence-corrected chi connectivity index (χ3v) is 6.19. The molecule has 0 aliphatic heterocycles. The molecular formula is C20H22F5N5O4S. The van der Waals surface area contributed by atoms with Gasteiger partial charge in [-0.15, -0.1) is 0 Å². The summed E-state index contributed by atoms with van der Waals surface area (Å²) in [4.78, 5) is 19.3. The minimum atomic E-state index is -4.45. The smallest absolute Gasteiger partial charge is 0.407 e. The molecule has 0 bridgehead atoms. The van der Waals surface area contributed by atoms with Gasteiger partial charge in [0.05, 0.1) is 17.0 Å². The van der Waals surface area contributed by atoms with Gasteiger partial charge in [0.2, 0.25) is 16.0 Å². The quantitative estimate of drug-likeness (QED) is 0.470. The van der Waals surface area contributed by atoms with Gasteiger partial charge in [0.1, 0.15) is 17.6 Å². The summed E-state index contributed by atoms with van der Waals surface area (Å²) in [6.07, 6.45) is -5.41. The summed E-state index contributed by atoms with van der Waals surface area (Å²) in [5.74, 6) is -1.02. The topological polar surface area (TPSA) is 136 Å². The summed E-state index contributed by atoms with van der Waals surface area (Å²) >= 11 is 0. The van der Waals surface area contributed by atoms with Crippen molar-refractivity contribution in [1.82, 2.24) is 15.3 Å². The van der Waals surface area contributed by atoms with Crippen molar-refractivity contribution in [2.45, 2.75) is 61.5 Å². The highest BCUT2D eigenvalue weighted by atomic mass is 32.2. The van der Waals surface area contributed by atoms with Crippen LogP contribution in [0.3, 0.4) is 0 Å². The number of halogens is 5. The number of sulfonamides is 1. The number of amides is 1. The van der Waals surface area contributed by atoms with E-state index in [0.717, 1.165) is 18.2 Å². The Balaban J connectivity index is 1.59. The molecule has 2 aromatic rings. The van der Waals surface area contributed by atoms with Gasteiger partial charge in [-0.3, -0.25) is 0 Å². The number of rotatable bonds is 7. The van der Waals surface area contributed by atoms with Gasteiger partial charge in [-0.25, -0.2) is 37.1 Å². The lowest BCUT2D eigenvalue weighted by atomic mass is 9.97. The molecule has 15 heteroatoms. The highest BCUT2D eigenvalue weighted by Crippen LogP contribution is 2.43. The second-order valence-electron chi connectivity index (χ2n) is 8.21. The highest BCUT2D eigenvalue weighted by molar-refractivity contribution is 7.89. The maximum absolute atomic E-state index is 15.4. The van der Waals surface area contributed by atoms with E-state index in [0.29, 0.717) is 0 Å². The summed E-state index contributed by atoms with van der Waals surface area (Å²) in [5, 5.41) is 9.56. The van der Waals surface area contributed by atoms with Crippen LogP contribution < -0.4 is 15.8 Å². The Morgan fingerprint density at radius 1 is 1.31 bits per heavy atom. The molecular weight excluding hydrogens is 501 g/mol. The maximum Gasteiger partial charge on any atom is 0.407 e. The minimum absolute atomic E-state index is 0.0388. The molecule has 1 aromatic carbocycles. The number of nitrogens with two attached hydrogens (primary N) is 1. The van der Waals surface area contributed by atoms with Gasteiger partial charge in [0.15, 0.2) is 0 Å². The summed E-state index contributed by atoms with van der Waals surface area (Å²) in [5.41, 5.74) is -2.01. The van der Waals surface area contributed by atoms with Crippen molar-refractivity contribution in [3.63, 3.8) is 0 Å². The summed E-state index contributed by atoms with van der Waals surface area (Å²) in [7, 11) is -4.08. The van der Waals surface area contributed by atoms with Gasteiger partial charge in [0.25, 0.3) is 0 Å². The number of alkyl halides is 4. The first-order chi connectivity index (χ1) is 16.1. The number of ether oxygens (including phenoxy) is 1. The van der Waals surface area contributed by atoms with Crippen LogP contribution in [0.5, 0.6) is 0 Å². The lowest BCUT2D eigenvalue weighted by Crippen LogP contribution is -2.37. The summed E-state index contributed by atoms with van der Waals surface area (Å²) < 4.78 is 94.3. The molecule has 1 unspecified atom stereocenters. The number of nitrogens with one attached hydrogen (secondary N) is 2. The van der Waals surface area contributed by atoms with Crippen molar-refractivity contribution in [2.75, 3.05) is 5.32 Å². The second kappa shape index (κ2) is 9.89. The van der Waals surface area contributed by atoms with Gasteiger partial charge >= 0.3 is 12.3 Å². The van der Waals surface area contributed by atoms with E-state index in [1.807, 2.05) is 0 Å². The predicted molar refractivity (Wildman–Crippen MR) is 113 cm³/mol. The molecule has 192 valence electrons. The molecule has 9 nitrogen and oxygen atoms in total. The molecule has 1 aliphatic rings. The number of carbonyl (C=O) groups is 1. The standard InChI is InChI=1S/C20H22F5N5O4S/c1-11(7-20(23,24)25)29-18(31)34-13-4-5-19(22,8-13)12-9-27-17(28-10-12)30-16-3-2-14(6-15(16)21)35(26,32)33/h2-3,6,9-11,13H,4-5,7-8H2,1H3,(H,29,31)(H2,26,32,33)(H,27,28,30)/t11-,13-,19?/m0/s1. The van der Waals surface area contributed by atoms with Crippen LogP contribution in [0.25, 0.3) is 0 Å². The Kier molecular flexibility index (Phi) is 7.50. The molecule has 1 fully saturated rings. The Morgan fingerprint density at radius 2 is 1.97 bits per heavy atom. The van der Waals surface area contributed by atoms with E-state index < -0.39 is 57.2 Å². The molecule has 1 aliphatic carbocycles. The van der Waals surface area contributed by atoms with Crippen LogP contribution in [0.2, 0.25) is 0 Å². The first-order valence-corrected chi connectivity index (χ1v) is 11.8. The fourth-order valence-electron chi connectivity index (χ4n) is 3.62. The third kappa shape index (κ3) is 7.21. The highest BCUT2D eigenvalue weighted by Gasteiger charge is 2.43. The van der Waals surface area contributed by atoms with E-state index in [1.165, 1.54) is 19.3 Å². The van der Waals surface area contributed by atoms with Gasteiger partial charge < -0.3 is 15.4 Å². The fraction of sp³-hybridized carbons (Fsp3) is 0.450. The third-order valence-electron chi connectivity index (χ3n) is 5.27. The molecule has 3 atom stereocenters. The monoisotopic (exact) mass is 523 g/mol. The van der Waals surface area contributed by atoms with Crippen LogP contribution in [0, 0.1) is 5.82 Å². The number of anilines is 2. The molecule has 1 amide bonds. The minimum Gasteiger partial charge on any atom is -0.446 e. The molecule has 1 aromatic heterocycles. The fourth-order valence-corrected chi connectivity index (χ4v) is 4.15. The SMILES string of the molecule is C[C@@H](CC(F)(F)F)NC(=O)O[C@H]1CCC(F)(c2cnc(Nc3ccc(S(N)(=O)=O)cc3F)nc2)C1. The van der Waals surface area contributed by atoms with E-state index in [-0.39, 0.29) is 36.5 Å². The van der Waals surface area contributed by atoms with E-state index >= 15 is 4.39 Å². The van der Waals surface area contributed by atoms with Crippen LogP contribution in [0.4, 0.5) is 38.4 Å². The van der Waals surface area contributed by atoms with E-state index in [9.17, 15) is 30.8 Å². The molecule has 0 spiro atoms. The number of carbonyl (C=O) groups excluding carboxylic acids is 1. The molecule has 35 heavy (non-hydrogen) atoms. The van der Waals surface area contributed by atoms with E-state index in [4.69, 9.17) is 9.88 Å². The first-order valence-electron chi connectivity index (χ1n) is 10.3. The molecule has 0 radical (unpaired) electrons. The van der Waals surface area contributed by atoms with Gasteiger partial charge in [-0.2, -0.15) is 13.2 Å². The maximum atomic E-state index is 15.4. The molecule has 1 saturated carbocycles. The van der Waals surface area contributed by atoms with Crippen molar-refractivity contribution in [3.05, 3.63) is 42.0 Å². The molecule has 1 heterocycles. The largest absolute Gasteiger partial charge is 0.446 e. The average molecular weight is 523 g/mol. The zero-order valence-electron chi connectivity index (χ0n) is 18.3. The van der Waals surface area contributed by atoms with Crippen molar-refractivity contribution < 1.29 is 39.9 Å². The zero-order chi connectivity index (χ0) is 26.0. The Morgan fingerprint density at radius 3 is 2.54 bits per heavy atom. The van der Waals surface area contributed by atoms with Crippen molar-refractivity contribution >= 4 is 27.8 Å². The zero-order valence-corrected chi connectivity index (χ0v) is 19.1. The Hall–Kier alpha value is -3.07. The number of hydrogen-bond donors (Lipinski definition) is 3. The van der Waals surface area contributed by atoms with Crippen LogP contribution in [0.1, 0.15) is 38.2 Å². The number of hydrogen-bond acceptors (Lipinski definition) is 7. The van der Waals surface area contributed by atoms with Crippen molar-refractivity contribution in [3.8, 4) is 0 Å². The Labute approximate surface area is 197 Å². The Bertz CT molecular complexity index is 1180. The van der Waals surface area contributed by atoms with Crippen LogP contribution in [-0.2, 0) is 20.4 Å². The lowest BCUT2D eigenvalue weighted by Gasteiger charge is -2.21. The van der Waals surface area contributed by atoms with Crippen molar-refractivity contribution in [1.29, 1.82) is 0 Å². The van der Waals surface area contributed by atoms with Crippen LogP contribution in [-0.4, -0.2) is 42.8 Å². The van der Waals surface area contributed by atoms with Gasteiger partial charge in [-0.1, -0.05) is 0 Å². The lowest BCUT2D eigenvalue weighted by molar-refractivity contribution is -0.138. The van der Waals surface area contributed by atoms with Gasteiger partial charge in [-0.05, 0) is 38.0 Å². The number of aromatic nitrogens is 2. The molecule has 0 saturated heterocycles. The first kappa shape index (κ1) is 26.5. The van der Waals surface area contributed by atoms with E-state index in [2.05, 4.69) is 20.6 Å². The van der Waals surface area contributed by atoms with Crippen LogP contribution >= 0.6 is 0 Å². The number of nitrogens with zero attached hydrogens (tertiary/aromatic N) is 2. The number of benzene rings is 1. The number of alkyl carbamates (subject to hydrolysis) is 1. The number of primary sulfonamides is 1. The van der Waals surface area contributed by atoms with Crippen molar-refractivity contribution in [2.24, 2.45) is 5.14 Å². The normalized spacial score (nSPS) is 21.4. The second-order valence-corrected chi connectivity index (χ2v) is 9.77. The summed E-state index contributed by atoms with van der Waals surface area (Å²) in [6.45, 7) is 1.18. The van der Waals surface area contributed by atoms with Gasteiger partial charge in [0, 0.05) is 30.4 Å². The van der Waals surface area contributed by atoms with E-state index in [1.54, 1.807) is 0 Å². The predicted octanol–water partition coefficient (Wildman–Crippen LogP) is 3.79.